The number of rotatable bonds is 4. The van der Waals surface area contributed by atoms with Crippen molar-refractivity contribution >= 4 is 16.9 Å². The van der Waals surface area contributed by atoms with Gasteiger partial charge < -0.3 is 19.7 Å². The zero-order valence-electron chi connectivity index (χ0n) is 16.7. The number of aliphatic hydroxyl groups is 1. The number of aliphatic hydroxyl groups excluding tert-OH is 1. The predicted octanol–water partition coefficient (Wildman–Crippen LogP) is 1.71. The molecule has 0 radical (unpaired) electrons. The van der Waals surface area contributed by atoms with E-state index >= 15 is 0 Å². The molecule has 2 fully saturated rings. The molecule has 7 heteroatoms. The third-order valence-corrected chi connectivity index (χ3v) is 6.17. The third kappa shape index (κ3) is 3.66. The summed E-state index contributed by atoms with van der Waals surface area (Å²) in [4.78, 5) is 19.7. The van der Waals surface area contributed by atoms with E-state index in [9.17, 15) is 9.90 Å². The van der Waals surface area contributed by atoms with Gasteiger partial charge in [0.15, 0.2) is 0 Å². The van der Waals surface area contributed by atoms with E-state index in [2.05, 4.69) is 26.7 Å². The highest BCUT2D eigenvalue weighted by Gasteiger charge is 2.36. The second-order valence-electron chi connectivity index (χ2n) is 7.82. The molecule has 2 aromatic rings. The number of imidazole rings is 1. The number of aromatic nitrogens is 2. The molecular formula is C21H30N4O3. The van der Waals surface area contributed by atoms with Crippen LogP contribution in [0, 0.1) is 6.92 Å². The first kappa shape index (κ1) is 19.4. The van der Waals surface area contributed by atoms with Crippen LogP contribution in [0.15, 0.2) is 18.2 Å². The highest BCUT2D eigenvalue weighted by molar-refractivity contribution is 5.97. The van der Waals surface area contributed by atoms with E-state index in [1.165, 1.54) is 0 Å². The number of hydrogen-bond donors (Lipinski definition) is 2. The van der Waals surface area contributed by atoms with Gasteiger partial charge in [-0.25, -0.2) is 4.98 Å². The molecule has 1 aliphatic carbocycles. The van der Waals surface area contributed by atoms with E-state index in [1.54, 1.807) is 0 Å². The molecule has 1 saturated carbocycles. The molecule has 0 spiro atoms. The second kappa shape index (κ2) is 8.19. The van der Waals surface area contributed by atoms with Crippen LogP contribution in [0.3, 0.4) is 0 Å². The first-order valence-corrected chi connectivity index (χ1v) is 10.4. The van der Waals surface area contributed by atoms with Crippen molar-refractivity contribution in [1.29, 1.82) is 0 Å². The number of amides is 1. The predicted molar refractivity (Wildman–Crippen MR) is 107 cm³/mol. The molecule has 2 aliphatic rings. The van der Waals surface area contributed by atoms with E-state index in [4.69, 9.17) is 4.74 Å². The average molecular weight is 386 g/mol. The molecule has 2 heterocycles. The molecule has 2 N–H and O–H groups in total. The summed E-state index contributed by atoms with van der Waals surface area (Å²) in [6.07, 6.45) is 2.22. The SMILES string of the molecule is CCn1c(C)nc2cc(C(=O)N[C@@H]3CCC[C@@H](N4CCOCC4)[C@@H]3O)ccc21. The zero-order valence-corrected chi connectivity index (χ0v) is 16.7. The van der Waals surface area contributed by atoms with Gasteiger partial charge in [-0.15, -0.1) is 0 Å². The van der Waals surface area contributed by atoms with Gasteiger partial charge >= 0.3 is 0 Å². The van der Waals surface area contributed by atoms with Gasteiger partial charge in [0.2, 0.25) is 0 Å². The number of fused-ring (bicyclic) bond motifs is 1. The first-order chi connectivity index (χ1) is 13.6. The van der Waals surface area contributed by atoms with Crippen molar-refractivity contribution in [3.8, 4) is 0 Å². The summed E-state index contributed by atoms with van der Waals surface area (Å²) in [5.41, 5.74) is 2.47. The van der Waals surface area contributed by atoms with Crippen LogP contribution in [-0.2, 0) is 11.3 Å². The smallest absolute Gasteiger partial charge is 0.251 e. The van der Waals surface area contributed by atoms with Crippen LogP contribution >= 0.6 is 0 Å². The van der Waals surface area contributed by atoms with Crippen molar-refractivity contribution in [2.75, 3.05) is 26.3 Å². The van der Waals surface area contributed by atoms with Crippen LogP contribution in [0.25, 0.3) is 11.0 Å². The molecule has 7 nitrogen and oxygen atoms in total. The summed E-state index contributed by atoms with van der Waals surface area (Å²) in [6.45, 7) is 8.04. The molecule has 1 amide bonds. The number of nitrogens with zero attached hydrogens (tertiary/aromatic N) is 3. The largest absolute Gasteiger partial charge is 0.389 e. The Morgan fingerprint density at radius 3 is 2.86 bits per heavy atom. The summed E-state index contributed by atoms with van der Waals surface area (Å²) in [6, 6.07) is 5.52. The van der Waals surface area contributed by atoms with Gasteiger partial charge in [-0.2, -0.15) is 0 Å². The lowest BCUT2D eigenvalue weighted by Gasteiger charge is -2.43. The normalized spacial score (nSPS) is 26.5. The summed E-state index contributed by atoms with van der Waals surface area (Å²) in [5.74, 6) is 0.809. The maximum absolute atomic E-state index is 12.9. The molecule has 1 aliphatic heterocycles. The van der Waals surface area contributed by atoms with Crippen LogP contribution < -0.4 is 5.32 Å². The number of morpholine rings is 1. The molecule has 0 unspecified atom stereocenters. The van der Waals surface area contributed by atoms with Crippen molar-refractivity contribution in [2.45, 2.75) is 57.8 Å². The number of carbonyl (C=O) groups excluding carboxylic acids is 1. The second-order valence-corrected chi connectivity index (χ2v) is 7.82. The molecule has 4 rings (SSSR count). The quantitative estimate of drug-likeness (QED) is 0.836. The molecule has 0 bridgehead atoms. The highest BCUT2D eigenvalue weighted by atomic mass is 16.5. The number of aryl methyl sites for hydroxylation is 2. The average Bonchev–Trinajstić information content (AvgIpc) is 3.04. The topological polar surface area (TPSA) is 79.6 Å². The maximum atomic E-state index is 12.9. The van der Waals surface area contributed by atoms with Crippen molar-refractivity contribution in [3.63, 3.8) is 0 Å². The van der Waals surface area contributed by atoms with Gasteiger partial charge in [-0.3, -0.25) is 9.69 Å². The summed E-state index contributed by atoms with van der Waals surface area (Å²) in [7, 11) is 0. The lowest BCUT2D eigenvalue weighted by Crippen LogP contribution is -2.58. The van der Waals surface area contributed by atoms with E-state index < -0.39 is 6.10 Å². The molecule has 28 heavy (non-hydrogen) atoms. The van der Waals surface area contributed by atoms with E-state index in [-0.39, 0.29) is 18.0 Å². The number of benzene rings is 1. The van der Waals surface area contributed by atoms with Crippen LogP contribution in [0.4, 0.5) is 0 Å². The van der Waals surface area contributed by atoms with Crippen molar-refractivity contribution < 1.29 is 14.6 Å². The van der Waals surface area contributed by atoms with Crippen LogP contribution in [0.1, 0.15) is 42.4 Å². The number of nitrogens with one attached hydrogen (secondary N) is 1. The van der Waals surface area contributed by atoms with E-state index in [0.29, 0.717) is 18.8 Å². The number of carbonyl (C=O) groups is 1. The molecule has 1 aromatic heterocycles. The van der Waals surface area contributed by atoms with Crippen LogP contribution in [0.5, 0.6) is 0 Å². The van der Waals surface area contributed by atoms with Crippen LogP contribution in [-0.4, -0.2) is 70.0 Å². The molecule has 1 saturated heterocycles. The van der Waals surface area contributed by atoms with Gasteiger partial charge in [0.1, 0.15) is 5.82 Å². The zero-order chi connectivity index (χ0) is 19.7. The van der Waals surface area contributed by atoms with E-state index in [1.807, 2.05) is 25.1 Å². The molecule has 152 valence electrons. The number of hydrogen-bond acceptors (Lipinski definition) is 5. The van der Waals surface area contributed by atoms with Crippen molar-refractivity contribution in [2.24, 2.45) is 0 Å². The minimum Gasteiger partial charge on any atom is -0.389 e. The number of ether oxygens (including phenoxy) is 1. The summed E-state index contributed by atoms with van der Waals surface area (Å²) in [5, 5.41) is 14.0. The van der Waals surface area contributed by atoms with Gasteiger partial charge in [0, 0.05) is 31.2 Å². The van der Waals surface area contributed by atoms with Crippen molar-refractivity contribution in [3.05, 3.63) is 29.6 Å². The Morgan fingerprint density at radius 2 is 2.11 bits per heavy atom. The third-order valence-electron chi connectivity index (χ3n) is 6.17. The summed E-state index contributed by atoms with van der Waals surface area (Å²) < 4.78 is 7.56. The molecule has 3 atom stereocenters. The minimum atomic E-state index is -0.555. The highest BCUT2D eigenvalue weighted by Crippen LogP contribution is 2.25. The van der Waals surface area contributed by atoms with Crippen molar-refractivity contribution in [1.82, 2.24) is 19.8 Å². The Hall–Kier alpha value is -1.96. The lowest BCUT2D eigenvalue weighted by molar-refractivity contribution is -0.0459. The molecule has 1 aromatic carbocycles. The van der Waals surface area contributed by atoms with Gasteiger partial charge in [-0.1, -0.05) is 0 Å². The Labute approximate surface area is 165 Å². The fourth-order valence-electron chi connectivity index (χ4n) is 4.66. The molecular weight excluding hydrogens is 356 g/mol. The Morgan fingerprint density at radius 1 is 1.32 bits per heavy atom. The summed E-state index contributed by atoms with van der Waals surface area (Å²) >= 11 is 0. The monoisotopic (exact) mass is 386 g/mol. The lowest BCUT2D eigenvalue weighted by atomic mass is 9.86. The Balaban J connectivity index is 1.47. The van der Waals surface area contributed by atoms with Gasteiger partial charge in [0.05, 0.1) is 36.4 Å². The maximum Gasteiger partial charge on any atom is 0.251 e. The Bertz CT molecular complexity index is 844. The minimum absolute atomic E-state index is 0.0910. The first-order valence-electron chi connectivity index (χ1n) is 10.4. The van der Waals surface area contributed by atoms with Gasteiger partial charge in [0.25, 0.3) is 5.91 Å². The fourth-order valence-corrected chi connectivity index (χ4v) is 4.66. The standard InChI is InChI=1S/C21H30N4O3/c1-3-25-14(2)22-17-13-15(7-8-18(17)25)21(27)23-16-5-4-6-19(20(16)26)24-9-11-28-12-10-24/h7-8,13,16,19-20,26H,3-6,9-12H2,1-2H3,(H,23,27)/t16-,19-,20-/m1/s1. The van der Waals surface area contributed by atoms with E-state index in [0.717, 1.165) is 55.8 Å². The van der Waals surface area contributed by atoms with Crippen LogP contribution in [0.2, 0.25) is 0 Å². The fraction of sp³-hybridized carbons (Fsp3) is 0.619. The van der Waals surface area contributed by atoms with Gasteiger partial charge in [-0.05, 0) is 51.3 Å². The Kier molecular flexibility index (Phi) is 5.66.